The zero-order valence-corrected chi connectivity index (χ0v) is 14.0. The van der Waals surface area contributed by atoms with Gasteiger partial charge in [-0.15, -0.1) is 11.6 Å². The number of hydrogen-bond donors (Lipinski definition) is 1. The van der Waals surface area contributed by atoms with Gasteiger partial charge >= 0.3 is 0 Å². The van der Waals surface area contributed by atoms with E-state index in [0.29, 0.717) is 18.3 Å². The number of hydrogen-bond acceptors (Lipinski definition) is 2. The van der Waals surface area contributed by atoms with E-state index >= 15 is 0 Å². The molecule has 0 aromatic heterocycles. The summed E-state index contributed by atoms with van der Waals surface area (Å²) >= 11 is 5.69. The lowest BCUT2D eigenvalue weighted by molar-refractivity contribution is 0.236. The molecule has 0 bridgehead atoms. The lowest BCUT2D eigenvalue weighted by Gasteiger charge is -2.31. The molecule has 1 aliphatic rings. The van der Waals surface area contributed by atoms with Gasteiger partial charge in [-0.1, -0.05) is 33.6 Å². The quantitative estimate of drug-likeness (QED) is 0.699. The molecule has 114 valence electrons. The third-order valence-electron chi connectivity index (χ3n) is 3.94. The Kier molecular flexibility index (Phi) is 6.61. The molecule has 0 aromatic rings. The van der Waals surface area contributed by atoms with Gasteiger partial charge in [0.1, 0.15) is 0 Å². The monoisotopic (exact) mass is 309 g/mol. The molecule has 0 spiro atoms. The van der Waals surface area contributed by atoms with Crippen molar-refractivity contribution in [2.24, 2.45) is 17.3 Å². The SMILES string of the molecule is CC(C)CC1(CNS(=O)(=O)CC(C)CCl)CCCC1. The van der Waals surface area contributed by atoms with Gasteiger partial charge in [-0.05, 0) is 36.5 Å². The van der Waals surface area contributed by atoms with Crippen LogP contribution in [-0.4, -0.2) is 26.6 Å². The molecule has 1 unspecified atom stereocenters. The van der Waals surface area contributed by atoms with Gasteiger partial charge in [0.25, 0.3) is 0 Å². The van der Waals surface area contributed by atoms with Gasteiger partial charge in [0.2, 0.25) is 10.0 Å². The molecule has 1 fully saturated rings. The Balaban J connectivity index is 2.57. The Morgan fingerprint density at radius 2 is 1.79 bits per heavy atom. The molecular weight excluding hydrogens is 282 g/mol. The number of rotatable bonds is 8. The second-order valence-electron chi connectivity index (χ2n) is 6.67. The van der Waals surface area contributed by atoms with Crippen molar-refractivity contribution in [2.75, 3.05) is 18.2 Å². The van der Waals surface area contributed by atoms with Crippen LogP contribution in [0.3, 0.4) is 0 Å². The highest BCUT2D eigenvalue weighted by Gasteiger charge is 2.35. The van der Waals surface area contributed by atoms with Gasteiger partial charge in [-0.2, -0.15) is 0 Å². The number of sulfonamides is 1. The minimum atomic E-state index is -3.19. The lowest BCUT2D eigenvalue weighted by Crippen LogP contribution is -2.39. The Bertz CT molecular complexity index is 362. The Labute approximate surface area is 123 Å². The van der Waals surface area contributed by atoms with Crippen molar-refractivity contribution in [2.45, 2.75) is 52.9 Å². The van der Waals surface area contributed by atoms with Crippen molar-refractivity contribution in [3.63, 3.8) is 0 Å². The van der Waals surface area contributed by atoms with Crippen molar-refractivity contribution in [3.05, 3.63) is 0 Å². The molecule has 1 saturated carbocycles. The van der Waals surface area contributed by atoms with E-state index in [2.05, 4.69) is 18.6 Å². The van der Waals surface area contributed by atoms with Gasteiger partial charge < -0.3 is 0 Å². The Morgan fingerprint density at radius 3 is 2.26 bits per heavy atom. The first-order chi connectivity index (χ1) is 8.79. The summed E-state index contributed by atoms with van der Waals surface area (Å²) < 4.78 is 26.9. The van der Waals surface area contributed by atoms with E-state index < -0.39 is 10.0 Å². The molecule has 19 heavy (non-hydrogen) atoms. The smallest absolute Gasteiger partial charge is 0.211 e. The van der Waals surface area contributed by atoms with Crippen LogP contribution in [0.15, 0.2) is 0 Å². The molecule has 1 rings (SSSR count). The fourth-order valence-electron chi connectivity index (χ4n) is 3.19. The highest BCUT2D eigenvalue weighted by molar-refractivity contribution is 7.89. The van der Waals surface area contributed by atoms with Crippen molar-refractivity contribution in [1.29, 1.82) is 0 Å². The maximum absolute atomic E-state index is 12.0. The van der Waals surface area contributed by atoms with E-state index in [1.165, 1.54) is 12.8 Å². The largest absolute Gasteiger partial charge is 0.215 e. The predicted octanol–water partition coefficient (Wildman–Crippen LogP) is 3.39. The number of nitrogens with one attached hydrogen (secondary N) is 1. The minimum Gasteiger partial charge on any atom is -0.215 e. The van der Waals surface area contributed by atoms with Crippen LogP contribution in [0.4, 0.5) is 0 Å². The predicted molar refractivity (Wildman–Crippen MR) is 82.0 cm³/mol. The van der Waals surface area contributed by atoms with E-state index in [9.17, 15) is 8.42 Å². The van der Waals surface area contributed by atoms with Crippen molar-refractivity contribution >= 4 is 21.6 Å². The molecule has 0 radical (unpaired) electrons. The summed E-state index contributed by atoms with van der Waals surface area (Å²) in [7, 11) is -3.19. The first-order valence-corrected chi connectivity index (χ1v) is 9.50. The average molecular weight is 310 g/mol. The second-order valence-corrected chi connectivity index (χ2v) is 8.83. The highest BCUT2D eigenvalue weighted by atomic mass is 35.5. The molecule has 1 aliphatic carbocycles. The second kappa shape index (κ2) is 7.28. The van der Waals surface area contributed by atoms with E-state index in [4.69, 9.17) is 11.6 Å². The van der Waals surface area contributed by atoms with Gasteiger partial charge in [-0.3, -0.25) is 0 Å². The summed E-state index contributed by atoms with van der Waals surface area (Å²) in [5.41, 5.74) is 0.186. The van der Waals surface area contributed by atoms with Crippen molar-refractivity contribution < 1.29 is 8.42 Å². The van der Waals surface area contributed by atoms with E-state index in [1.54, 1.807) is 0 Å². The van der Waals surface area contributed by atoms with Gasteiger partial charge in [0.05, 0.1) is 5.75 Å². The summed E-state index contributed by atoms with van der Waals surface area (Å²) in [6.07, 6.45) is 5.87. The topological polar surface area (TPSA) is 46.2 Å². The molecule has 5 heteroatoms. The zero-order valence-electron chi connectivity index (χ0n) is 12.4. The van der Waals surface area contributed by atoms with Crippen LogP contribution in [0.1, 0.15) is 52.9 Å². The average Bonchev–Trinajstić information content (AvgIpc) is 2.74. The Hall–Kier alpha value is 0.200. The van der Waals surface area contributed by atoms with E-state index in [1.807, 2.05) is 6.92 Å². The third kappa shape index (κ3) is 6.01. The van der Waals surface area contributed by atoms with Crippen LogP contribution in [0.5, 0.6) is 0 Å². The molecule has 0 saturated heterocycles. The molecule has 1 N–H and O–H groups in total. The van der Waals surface area contributed by atoms with Gasteiger partial charge in [0, 0.05) is 12.4 Å². The standard InChI is InChI=1S/C14H28ClNO2S/c1-12(2)8-14(6-4-5-7-14)11-16-19(17,18)10-13(3)9-15/h12-13,16H,4-11H2,1-3H3. The van der Waals surface area contributed by atoms with Crippen LogP contribution in [0, 0.1) is 17.3 Å². The van der Waals surface area contributed by atoms with Gasteiger partial charge in [-0.25, -0.2) is 13.1 Å². The molecule has 0 aromatic carbocycles. The summed E-state index contributed by atoms with van der Waals surface area (Å²) in [6, 6.07) is 0. The summed E-state index contributed by atoms with van der Waals surface area (Å²) in [5.74, 6) is 1.14. The minimum absolute atomic E-state index is 0.00351. The first kappa shape index (κ1) is 17.3. The van der Waals surface area contributed by atoms with Crippen molar-refractivity contribution in [1.82, 2.24) is 4.72 Å². The van der Waals surface area contributed by atoms with Crippen LogP contribution >= 0.6 is 11.6 Å². The molecule has 0 heterocycles. The summed E-state index contributed by atoms with van der Waals surface area (Å²) in [6.45, 7) is 6.89. The lowest BCUT2D eigenvalue weighted by atomic mass is 9.79. The number of alkyl halides is 1. The van der Waals surface area contributed by atoms with Crippen LogP contribution in [-0.2, 0) is 10.0 Å². The zero-order chi connectivity index (χ0) is 14.5. The van der Waals surface area contributed by atoms with Crippen LogP contribution in [0.2, 0.25) is 0 Å². The Morgan fingerprint density at radius 1 is 1.21 bits per heavy atom. The van der Waals surface area contributed by atoms with Crippen molar-refractivity contribution in [3.8, 4) is 0 Å². The summed E-state index contributed by atoms with van der Waals surface area (Å²) in [5, 5.41) is 0. The fraction of sp³-hybridized carbons (Fsp3) is 1.00. The molecular formula is C14H28ClNO2S. The van der Waals surface area contributed by atoms with Crippen LogP contribution in [0.25, 0.3) is 0 Å². The van der Waals surface area contributed by atoms with Gasteiger partial charge in [0.15, 0.2) is 0 Å². The maximum Gasteiger partial charge on any atom is 0.211 e. The molecule has 0 amide bonds. The summed E-state index contributed by atoms with van der Waals surface area (Å²) in [4.78, 5) is 0. The van der Waals surface area contributed by atoms with E-state index in [-0.39, 0.29) is 17.1 Å². The van der Waals surface area contributed by atoms with Crippen LogP contribution < -0.4 is 4.72 Å². The normalized spacial score (nSPS) is 20.9. The first-order valence-electron chi connectivity index (χ1n) is 7.32. The maximum atomic E-state index is 12.0. The molecule has 0 aliphatic heterocycles. The van der Waals surface area contributed by atoms with E-state index in [0.717, 1.165) is 19.3 Å². The molecule has 3 nitrogen and oxygen atoms in total. The number of halogens is 1. The molecule has 1 atom stereocenters. The highest BCUT2D eigenvalue weighted by Crippen LogP contribution is 2.42. The fourth-order valence-corrected chi connectivity index (χ4v) is 4.93. The third-order valence-corrected chi connectivity index (χ3v) is 6.06.